The highest BCUT2D eigenvalue weighted by Gasteiger charge is 2.17. The van der Waals surface area contributed by atoms with Crippen LogP contribution in [0.5, 0.6) is 0 Å². The van der Waals surface area contributed by atoms with Crippen molar-refractivity contribution in [3.8, 4) is 0 Å². The molecule has 0 fully saturated rings. The van der Waals surface area contributed by atoms with Gasteiger partial charge in [-0.05, 0) is 36.4 Å². The van der Waals surface area contributed by atoms with Crippen molar-refractivity contribution in [1.82, 2.24) is 9.13 Å². The molecule has 6 nitrogen and oxygen atoms in total. The second-order valence-corrected chi connectivity index (χ2v) is 5.25. The number of carbonyl (C=O) groups is 1. The molecule has 0 aliphatic heterocycles. The molecule has 7 heteroatoms. The van der Waals surface area contributed by atoms with Crippen LogP contribution in [0.15, 0.2) is 47.4 Å². The van der Waals surface area contributed by atoms with Gasteiger partial charge in [0.2, 0.25) is 0 Å². The Labute approximate surface area is 137 Å². The van der Waals surface area contributed by atoms with E-state index in [9.17, 15) is 14.0 Å². The molecule has 24 heavy (non-hydrogen) atoms. The molecule has 0 aliphatic rings. The maximum absolute atomic E-state index is 13.5. The summed E-state index contributed by atoms with van der Waals surface area (Å²) < 4.78 is 21.1. The monoisotopic (exact) mass is 329 g/mol. The lowest BCUT2D eigenvalue weighted by atomic mass is 10.2. The number of methoxy groups -OCH3 is 1. The normalized spacial score (nSPS) is 10.8. The molecular formula is C17H16FN3O3. The molecule has 0 spiro atoms. The molecule has 2 heterocycles. The summed E-state index contributed by atoms with van der Waals surface area (Å²) >= 11 is 0. The molecule has 2 aromatic heterocycles. The van der Waals surface area contributed by atoms with Crippen molar-refractivity contribution >= 4 is 22.7 Å². The third-order valence-electron chi connectivity index (χ3n) is 3.82. The summed E-state index contributed by atoms with van der Waals surface area (Å²) in [5.74, 6) is -0.398. The number of benzene rings is 1. The van der Waals surface area contributed by atoms with Gasteiger partial charge in [0, 0.05) is 24.3 Å². The van der Waals surface area contributed by atoms with Crippen LogP contribution in [0.4, 0.5) is 14.9 Å². The third kappa shape index (κ3) is 2.64. The van der Waals surface area contributed by atoms with Gasteiger partial charge in [0.1, 0.15) is 11.5 Å². The molecule has 3 rings (SSSR count). The van der Waals surface area contributed by atoms with E-state index in [1.807, 2.05) is 0 Å². The lowest BCUT2D eigenvalue weighted by Gasteiger charge is -2.10. The fraction of sp³-hybridized carbons (Fsp3) is 0.176. The zero-order chi connectivity index (χ0) is 17.3. The van der Waals surface area contributed by atoms with E-state index in [1.54, 1.807) is 31.4 Å². The number of hydrogen-bond donors (Lipinski definition) is 1. The average Bonchev–Trinajstić information content (AvgIpc) is 2.93. The van der Waals surface area contributed by atoms with Gasteiger partial charge in [0.05, 0.1) is 19.2 Å². The standard InChI is InChI=1S/C17H16FN3O3/c1-19-14-4-3-7-20(16(14)22)10-13-9-11-8-12(18)5-6-15(11)21(13)17(23)24-2/h3-9,19H,10H2,1-2H3. The molecule has 3 aromatic rings. The zero-order valence-electron chi connectivity index (χ0n) is 13.2. The molecule has 1 aromatic carbocycles. The van der Waals surface area contributed by atoms with E-state index in [2.05, 4.69) is 5.32 Å². The second kappa shape index (κ2) is 6.19. The maximum Gasteiger partial charge on any atom is 0.418 e. The van der Waals surface area contributed by atoms with Crippen LogP contribution in [0.3, 0.4) is 0 Å². The van der Waals surface area contributed by atoms with Gasteiger partial charge in [-0.25, -0.2) is 13.8 Å². The van der Waals surface area contributed by atoms with Crippen LogP contribution < -0.4 is 10.9 Å². The average molecular weight is 329 g/mol. The minimum absolute atomic E-state index is 0.153. The van der Waals surface area contributed by atoms with Crippen molar-refractivity contribution in [3.05, 3.63) is 64.5 Å². The van der Waals surface area contributed by atoms with Crippen molar-refractivity contribution in [2.24, 2.45) is 0 Å². The van der Waals surface area contributed by atoms with Crippen LogP contribution >= 0.6 is 0 Å². The summed E-state index contributed by atoms with van der Waals surface area (Å²) in [6.45, 7) is 0.153. The van der Waals surface area contributed by atoms with E-state index in [0.29, 0.717) is 22.3 Å². The maximum atomic E-state index is 13.5. The summed E-state index contributed by atoms with van der Waals surface area (Å²) in [7, 11) is 2.94. The fourth-order valence-corrected chi connectivity index (χ4v) is 2.69. The fourth-order valence-electron chi connectivity index (χ4n) is 2.69. The van der Waals surface area contributed by atoms with Gasteiger partial charge < -0.3 is 14.6 Å². The summed E-state index contributed by atoms with van der Waals surface area (Å²) in [4.78, 5) is 24.5. The molecule has 0 saturated heterocycles. The van der Waals surface area contributed by atoms with Crippen LogP contribution in [0.2, 0.25) is 0 Å². The van der Waals surface area contributed by atoms with E-state index in [4.69, 9.17) is 4.74 Å². The predicted molar refractivity (Wildman–Crippen MR) is 89.0 cm³/mol. The molecule has 0 radical (unpaired) electrons. The van der Waals surface area contributed by atoms with E-state index in [-0.39, 0.29) is 12.1 Å². The summed E-state index contributed by atoms with van der Waals surface area (Å²) in [6, 6.07) is 9.21. The van der Waals surface area contributed by atoms with Crippen molar-refractivity contribution in [3.63, 3.8) is 0 Å². The van der Waals surface area contributed by atoms with E-state index in [0.717, 1.165) is 0 Å². The summed E-state index contributed by atoms with van der Waals surface area (Å²) in [6.07, 6.45) is 1.03. The quantitative estimate of drug-likeness (QED) is 0.802. The van der Waals surface area contributed by atoms with E-state index < -0.39 is 11.9 Å². The predicted octanol–water partition coefficient (Wildman–Crippen LogP) is 2.65. The molecule has 0 unspecified atom stereocenters. The first-order chi connectivity index (χ1) is 11.5. The van der Waals surface area contributed by atoms with Crippen molar-refractivity contribution in [2.75, 3.05) is 19.5 Å². The Kier molecular flexibility index (Phi) is 4.07. The number of nitrogens with zero attached hydrogens (tertiary/aromatic N) is 2. The Morgan fingerprint density at radius 3 is 2.79 bits per heavy atom. The second-order valence-electron chi connectivity index (χ2n) is 5.25. The topological polar surface area (TPSA) is 65.3 Å². The molecule has 0 bridgehead atoms. The van der Waals surface area contributed by atoms with Crippen molar-refractivity contribution < 1.29 is 13.9 Å². The lowest BCUT2D eigenvalue weighted by Crippen LogP contribution is -2.24. The minimum atomic E-state index is -0.593. The van der Waals surface area contributed by atoms with Crippen LogP contribution in [0, 0.1) is 5.82 Å². The van der Waals surface area contributed by atoms with Gasteiger partial charge in [-0.3, -0.25) is 4.79 Å². The molecule has 0 atom stereocenters. The zero-order valence-corrected chi connectivity index (χ0v) is 13.2. The summed E-state index contributed by atoms with van der Waals surface area (Å²) in [5, 5.41) is 3.39. The van der Waals surface area contributed by atoms with Crippen molar-refractivity contribution in [2.45, 2.75) is 6.54 Å². The largest absolute Gasteiger partial charge is 0.452 e. The number of rotatable bonds is 3. The Bertz CT molecular complexity index is 975. The number of carbonyl (C=O) groups excluding carboxylic acids is 1. The Morgan fingerprint density at radius 2 is 2.08 bits per heavy atom. The number of hydrogen-bond acceptors (Lipinski definition) is 4. The number of ether oxygens (including phenoxy) is 1. The number of nitrogens with one attached hydrogen (secondary N) is 1. The highest BCUT2D eigenvalue weighted by atomic mass is 19.1. The van der Waals surface area contributed by atoms with Gasteiger partial charge in [-0.1, -0.05) is 0 Å². The first kappa shape index (κ1) is 15.8. The van der Waals surface area contributed by atoms with E-state index >= 15 is 0 Å². The van der Waals surface area contributed by atoms with Crippen molar-refractivity contribution in [1.29, 1.82) is 0 Å². The first-order valence-corrected chi connectivity index (χ1v) is 7.30. The van der Waals surface area contributed by atoms with Gasteiger partial charge in [0.15, 0.2) is 0 Å². The Hall–Kier alpha value is -3.09. The first-order valence-electron chi connectivity index (χ1n) is 7.30. The van der Waals surface area contributed by atoms with E-state index in [1.165, 1.54) is 34.4 Å². The minimum Gasteiger partial charge on any atom is -0.452 e. The Morgan fingerprint density at radius 1 is 1.29 bits per heavy atom. The highest BCUT2D eigenvalue weighted by Crippen LogP contribution is 2.22. The van der Waals surface area contributed by atoms with Crippen LogP contribution in [0.25, 0.3) is 10.9 Å². The van der Waals surface area contributed by atoms with Gasteiger partial charge in [-0.2, -0.15) is 0 Å². The van der Waals surface area contributed by atoms with Gasteiger partial charge in [0.25, 0.3) is 5.56 Å². The van der Waals surface area contributed by atoms with Crippen LogP contribution in [0.1, 0.15) is 5.69 Å². The Balaban J connectivity index is 2.15. The molecule has 124 valence electrons. The van der Waals surface area contributed by atoms with Gasteiger partial charge in [-0.15, -0.1) is 0 Å². The molecule has 0 amide bonds. The molecular weight excluding hydrogens is 313 g/mol. The van der Waals surface area contributed by atoms with Gasteiger partial charge >= 0.3 is 6.09 Å². The number of halogens is 1. The van der Waals surface area contributed by atoms with Crippen LogP contribution in [-0.2, 0) is 11.3 Å². The number of anilines is 1. The SMILES string of the molecule is CNc1cccn(Cc2cc3cc(F)ccc3n2C(=O)OC)c1=O. The molecule has 0 saturated carbocycles. The molecule has 1 N–H and O–H groups in total. The number of pyridine rings is 1. The number of fused-ring (bicyclic) bond motifs is 1. The molecule has 0 aliphatic carbocycles. The lowest BCUT2D eigenvalue weighted by molar-refractivity contribution is 0.173. The summed E-state index contributed by atoms with van der Waals surface area (Å²) in [5.41, 5.74) is 1.28. The third-order valence-corrected chi connectivity index (χ3v) is 3.82. The smallest absolute Gasteiger partial charge is 0.418 e. The highest BCUT2D eigenvalue weighted by molar-refractivity contribution is 5.90. The number of aromatic nitrogens is 2. The van der Waals surface area contributed by atoms with Crippen LogP contribution in [-0.4, -0.2) is 29.4 Å².